The smallest absolute Gasteiger partial charge is 0.301 e. The lowest BCUT2D eigenvalue weighted by atomic mass is 9.80. The Kier molecular flexibility index (Phi) is 9.58. The summed E-state index contributed by atoms with van der Waals surface area (Å²) >= 11 is 9.62. The highest BCUT2D eigenvalue weighted by Gasteiger charge is 2.43. The molecule has 1 aromatic heterocycles. The van der Waals surface area contributed by atoms with Crippen molar-refractivity contribution in [2.24, 2.45) is 0 Å². The van der Waals surface area contributed by atoms with Gasteiger partial charge in [-0.15, -0.1) is 0 Å². The first-order valence-corrected chi connectivity index (χ1v) is 16.2. The van der Waals surface area contributed by atoms with E-state index in [1.165, 1.54) is 33.9 Å². The molecular weight excluding hydrogens is 619 g/mol. The van der Waals surface area contributed by atoms with Crippen molar-refractivity contribution in [3.63, 3.8) is 0 Å². The van der Waals surface area contributed by atoms with Crippen molar-refractivity contribution in [1.82, 2.24) is 15.0 Å². The second-order valence-electron chi connectivity index (χ2n) is 11.9. The molecule has 232 valence electrons. The Labute approximate surface area is 271 Å². The van der Waals surface area contributed by atoms with Gasteiger partial charge >= 0.3 is 11.4 Å². The van der Waals surface area contributed by atoms with Crippen molar-refractivity contribution in [1.29, 1.82) is 0 Å². The molecule has 2 aliphatic heterocycles. The summed E-state index contributed by atoms with van der Waals surface area (Å²) in [7, 11) is 2.11. The lowest BCUT2D eigenvalue weighted by Crippen LogP contribution is -2.28. The first kappa shape index (κ1) is 32.2. The van der Waals surface area contributed by atoms with E-state index < -0.39 is 11.4 Å². The van der Waals surface area contributed by atoms with Gasteiger partial charge in [-0.2, -0.15) is 23.7 Å². The number of rotatable bonds is 11. The van der Waals surface area contributed by atoms with Crippen LogP contribution in [0.25, 0.3) is 0 Å². The Morgan fingerprint density at radius 1 is 1.02 bits per heavy atom. The summed E-state index contributed by atoms with van der Waals surface area (Å²) in [5.74, 6) is 0.330. The summed E-state index contributed by atoms with van der Waals surface area (Å²) in [5, 5.41) is 3.28. The zero-order chi connectivity index (χ0) is 31.6. The van der Waals surface area contributed by atoms with E-state index in [-0.39, 0.29) is 28.0 Å². The minimum Gasteiger partial charge on any atom is -0.350 e. The fourth-order valence-electron chi connectivity index (χ4n) is 6.19. The van der Waals surface area contributed by atoms with Gasteiger partial charge in [-0.05, 0) is 79.2 Å². The molecule has 3 aromatic rings. The van der Waals surface area contributed by atoms with Crippen molar-refractivity contribution >= 4 is 57.6 Å². The SMILES string of the molecule is C[N+]1=C(C=CC=C2N(CCCCOS(=O)O)c3ccccc3C2(C)C)C(C)(C)c2cc(CNc3nc(Cl)nc(Cl)n3)ccc21. The molecule has 0 fully saturated rings. The number of anilines is 2. The van der Waals surface area contributed by atoms with Gasteiger partial charge in [0.15, 0.2) is 5.71 Å². The topological polar surface area (TPSA) is 103 Å². The lowest BCUT2D eigenvalue weighted by Gasteiger charge is -2.27. The summed E-state index contributed by atoms with van der Waals surface area (Å²) in [5.41, 5.74) is 7.97. The summed E-state index contributed by atoms with van der Waals surface area (Å²) in [6.07, 6.45) is 8.11. The molecule has 12 heteroatoms. The number of fused-ring (bicyclic) bond motifs is 2. The van der Waals surface area contributed by atoms with E-state index in [0.717, 1.165) is 18.5 Å². The van der Waals surface area contributed by atoms with E-state index in [1.54, 1.807) is 0 Å². The van der Waals surface area contributed by atoms with Crippen molar-refractivity contribution in [3.8, 4) is 0 Å². The molecule has 0 amide bonds. The molecule has 0 saturated carbocycles. The molecule has 0 aliphatic carbocycles. The van der Waals surface area contributed by atoms with Crippen LogP contribution in [-0.2, 0) is 32.9 Å². The van der Waals surface area contributed by atoms with Crippen LogP contribution in [0.3, 0.4) is 0 Å². The summed E-state index contributed by atoms with van der Waals surface area (Å²) in [6, 6.07) is 15.0. The fourth-order valence-corrected chi connectivity index (χ4v) is 6.82. The summed E-state index contributed by atoms with van der Waals surface area (Å²) in [6.45, 7) is 10.5. The molecule has 44 heavy (non-hydrogen) atoms. The van der Waals surface area contributed by atoms with Gasteiger partial charge in [-0.1, -0.05) is 44.2 Å². The number of hydrogen-bond acceptors (Lipinski definition) is 7. The highest BCUT2D eigenvalue weighted by Crippen LogP contribution is 2.48. The number of halogens is 2. The van der Waals surface area contributed by atoms with Crippen LogP contribution < -0.4 is 10.2 Å². The zero-order valence-corrected chi connectivity index (χ0v) is 27.8. The maximum atomic E-state index is 10.8. The van der Waals surface area contributed by atoms with Crippen molar-refractivity contribution < 1.29 is 17.5 Å². The highest BCUT2D eigenvalue weighted by atomic mass is 35.5. The van der Waals surface area contributed by atoms with Crippen LogP contribution in [0.1, 0.15) is 57.2 Å². The Balaban J connectivity index is 1.35. The van der Waals surface area contributed by atoms with Gasteiger partial charge in [0.1, 0.15) is 7.05 Å². The molecule has 9 nitrogen and oxygen atoms in total. The number of aromatic nitrogens is 3. The van der Waals surface area contributed by atoms with E-state index in [9.17, 15) is 4.21 Å². The molecule has 3 heterocycles. The van der Waals surface area contributed by atoms with Crippen molar-refractivity contribution in [2.45, 2.75) is 57.9 Å². The van der Waals surface area contributed by atoms with Crippen LogP contribution in [0.4, 0.5) is 17.3 Å². The Bertz CT molecular complexity index is 1670. The molecule has 1 unspecified atom stereocenters. The van der Waals surface area contributed by atoms with Crippen LogP contribution >= 0.6 is 23.2 Å². The van der Waals surface area contributed by atoms with Crippen LogP contribution in [0.15, 0.2) is 66.4 Å². The molecule has 2 N–H and O–H groups in total. The van der Waals surface area contributed by atoms with Crippen LogP contribution in [0, 0.1) is 0 Å². The predicted octanol–water partition coefficient (Wildman–Crippen LogP) is 6.97. The number of benzene rings is 2. The van der Waals surface area contributed by atoms with E-state index in [1.807, 2.05) is 0 Å². The second kappa shape index (κ2) is 13.1. The van der Waals surface area contributed by atoms with E-state index in [2.05, 4.69) is 125 Å². The van der Waals surface area contributed by atoms with Gasteiger partial charge in [-0.3, -0.25) is 8.74 Å². The predicted molar refractivity (Wildman–Crippen MR) is 177 cm³/mol. The maximum absolute atomic E-state index is 10.8. The summed E-state index contributed by atoms with van der Waals surface area (Å²) in [4.78, 5) is 14.3. The molecule has 2 aromatic carbocycles. The standard InChI is InChI=1S/C32H36Cl2N6O3S/c1-31(2)22-11-6-7-12-25(22)40(17-8-9-18-43-44(41)42)27(31)14-10-13-26-32(3,4)23-19-21(15-16-24(23)39(26)5)20-35-30-37-28(33)36-29(34)38-30/h6-7,10-16,19H,8-9,17-18,20H2,1-5H3,(H-,35,36,37,38,41,42)/p+1. The first-order valence-electron chi connectivity index (χ1n) is 14.4. The Morgan fingerprint density at radius 2 is 1.75 bits per heavy atom. The molecular formula is C32H37Cl2N6O3S+. The Hall–Kier alpha value is -3.15. The van der Waals surface area contributed by atoms with Gasteiger partial charge in [0, 0.05) is 47.6 Å². The molecule has 0 radical (unpaired) electrons. The lowest BCUT2D eigenvalue weighted by molar-refractivity contribution is -0.401. The normalized spacial score (nSPS) is 18.3. The maximum Gasteiger partial charge on any atom is 0.301 e. The van der Waals surface area contributed by atoms with Crippen LogP contribution in [0.5, 0.6) is 0 Å². The van der Waals surface area contributed by atoms with E-state index in [0.29, 0.717) is 18.9 Å². The van der Waals surface area contributed by atoms with Crippen LogP contribution in [-0.4, -0.2) is 54.2 Å². The molecule has 0 saturated heterocycles. The quantitative estimate of drug-likeness (QED) is 0.130. The molecule has 0 bridgehead atoms. The number of allylic oxidation sites excluding steroid dienone is 4. The molecule has 0 spiro atoms. The van der Waals surface area contributed by atoms with Crippen molar-refractivity contribution in [2.75, 3.05) is 30.4 Å². The van der Waals surface area contributed by atoms with Gasteiger partial charge in [0.2, 0.25) is 22.2 Å². The first-order chi connectivity index (χ1) is 20.9. The van der Waals surface area contributed by atoms with Gasteiger partial charge in [0.25, 0.3) is 0 Å². The van der Waals surface area contributed by atoms with E-state index >= 15 is 0 Å². The van der Waals surface area contributed by atoms with Crippen LogP contribution in [0.2, 0.25) is 10.6 Å². The van der Waals surface area contributed by atoms with Gasteiger partial charge in [-0.25, -0.2) is 0 Å². The summed E-state index contributed by atoms with van der Waals surface area (Å²) < 4.78 is 26.8. The average molecular weight is 657 g/mol. The third kappa shape index (κ3) is 6.60. The van der Waals surface area contributed by atoms with Gasteiger partial charge < -0.3 is 10.2 Å². The molecule has 5 rings (SSSR count). The number of nitrogens with one attached hydrogen (secondary N) is 1. The molecule has 1 atom stereocenters. The highest BCUT2D eigenvalue weighted by molar-refractivity contribution is 7.74. The third-order valence-electron chi connectivity index (χ3n) is 8.40. The molecule has 2 aliphatic rings. The number of para-hydroxylation sites is 1. The minimum absolute atomic E-state index is 0.0460. The monoisotopic (exact) mass is 655 g/mol. The number of hydrogen-bond donors (Lipinski definition) is 2. The second-order valence-corrected chi connectivity index (χ2v) is 13.3. The average Bonchev–Trinajstić information content (AvgIpc) is 3.29. The largest absolute Gasteiger partial charge is 0.350 e. The number of nitrogens with zero attached hydrogens (tertiary/aromatic N) is 5. The third-order valence-corrected chi connectivity index (χ3v) is 9.10. The zero-order valence-electron chi connectivity index (χ0n) is 25.5. The fraction of sp³-hybridized carbons (Fsp3) is 0.375. The Morgan fingerprint density at radius 3 is 2.48 bits per heavy atom. The van der Waals surface area contributed by atoms with Crippen molar-refractivity contribution in [3.05, 3.63) is 93.6 Å². The van der Waals surface area contributed by atoms with Gasteiger partial charge in [0.05, 0.1) is 12.0 Å². The minimum atomic E-state index is -2.23. The number of unbranched alkanes of at least 4 members (excludes halogenated alkanes) is 1. The van der Waals surface area contributed by atoms with E-state index in [4.69, 9.17) is 31.9 Å².